The van der Waals surface area contributed by atoms with Crippen LogP contribution in [0.25, 0.3) is 5.43 Å². The molecule has 0 aliphatic carbocycles. The van der Waals surface area contributed by atoms with Crippen LogP contribution in [0.3, 0.4) is 0 Å². The smallest absolute Gasteiger partial charge is 0.744 e. The summed E-state index contributed by atoms with van der Waals surface area (Å²) in [6.45, 7) is 0. The minimum atomic E-state index is -4.51. The number of hydrogen-bond donors (Lipinski definition) is 0. The van der Waals surface area contributed by atoms with Gasteiger partial charge >= 0.3 is 37.7 Å². The molecular weight excluding hydrogens is 226 g/mol. The Morgan fingerprint density at radius 3 is 1.88 bits per heavy atom. The third-order valence-corrected chi connectivity index (χ3v) is 2.17. The Labute approximate surface area is 116 Å². The molecule has 0 aliphatic heterocycles. The fraction of sp³-hybridized carbons (Fsp3) is 0. The Kier molecular flexibility index (Phi) is 7.80. The minimum absolute atomic E-state index is 0. The molecule has 7 nitrogen and oxygen atoms in total. The second-order valence-corrected chi connectivity index (χ2v) is 3.67. The topological polar surface area (TPSA) is 114 Å². The normalized spacial score (nSPS) is 9.56. The van der Waals surface area contributed by atoms with Gasteiger partial charge in [0.05, 0.1) is 4.90 Å². The van der Waals surface area contributed by atoms with E-state index in [1.807, 2.05) is 0 Å². The minimum Gasteiger partial charge on any atom is -0.744 e. The molecule has 0 atom stereocenters. The zero-order valence-corrected chi connectivity index (χ0v) is 9.47. The molecule has 0 aliphatic rings. The summed E-state index contributed by atoms with van der Waals surface area (Å²) in [5, 5.41) is 8.99. The van der Waals surface area contributed by atoms with Crippen molar-refractivity contribution < 1.29 is 55.7 Å². The standard InChI is InChI=1S/C6H5N2O5S.2Li/c9-8(10)7-5-1-3-6(4-2-5)14(11,12)13;;/h1-4H,(H,11,12,13);;/q-1;2*+1/p-1. The summed E-state index contributed by atoms with van der Waals surface area (Å²) in [7, 11) is -4.51. The van der Waals surface area contributed by atoms with Crippen molar-refractivity contribution >= 4 is 15.8 Å². The van der Waals surface area contributed by atoms with E-state index in [1.54, 1.807) is 0 Å². The van der Waals surface area contributed by atoms with E-state index in [0.29, 0.717) is 0 Å². The zero-order valence-electron chi connectivity index (χ0n) is 8.65. The number of nitrogens with zero attached hydrogens (tertiary/aromatic N) is 2. The van der Waals surface area contributed by atoms with Crippen LogP contribution in [-0.2, 0) is 10.1 Å². The third-order valence-electron chi connectivity index (χ3n) is 1.32. The van der Waals surface area contributed by atoms with Crippen LogP contribution in [0.5, 0.6) is 0 Å². The summed E-state index contributed by atoms with van der Waals surface area (Å²) in [5.41, 5.74) is 2.88. The first-order chi connectivity index (χ1) is 6.39. The van der Waals surface area contributed by atoms with Crippen LogP contribution in [0.4, 0.5) is 5.69 Å². The van der Waals surface area contributed by atoms with Crippen molar-refractivity contribution in [2.45, 2.75) is 4.90 Å². The van der Waals surface area contributed by atoms with Gasteiger partial charge in [-0.25, -0.2) is 8.42 Å². The SMILES string of the molecule is O=[N+]([O-])[N-]c1ccc(S(=O)(=O)[O-])cc1.[Li+].[Li+]. The average Bonchev–Trinajstić information content (AvgIpc) is 2.02. The largest absolute Gasteiger partial charge is 1.00 e. The summed E-state index contributed by atoms with van der Waals surface area (Å²) in [6, 6.07) is 4.08. The van der Waals surface area contributed by atoms with Gasteiger partial charge in [0, 0.05) is 0 Å². The average molecular weight is 230 g/mol. The monoisotopic (exact) mass is 230 g/mol. The van der Waals surface area contributed by atoms with Gasteiger partial charge in [-0.2, -0.15) is 0 Å². The van der Waals surface area contributed by atoms with Crippen molar-refractivity contribution in [3.05, 3.63) is 39.8 Å². The molecule has 0 heterocycles. The Hall–Kier alpha value is -0.475. The van der Waals surface area contributed by atoms with Crippen LogP contribution in [0.15, 0.2) is 29.2 Å². The Bertz CT molecular complexity index is 446. The molecule has 0 aromatic heterocycles. The first-order valence-electron chi connectivity index (χ1n) is 3.31. The van der Waals surface area contributed by atoms with Gasteiger partial charge in [-0.3, -0.25) is 10.1 Å². The Morgan fingerprint density at radius 2 is 1.56 bits per heavy atom. The summed E-state index contributed by atoms with van der Waals surface area (Å²) < 4.78 is 31.3. The fourth-order valence-electron chi connectivity index (χ4n) is 0.774. The van der Waals surface area contributed by atoms with Gasteiger partial charge in [0.15, 0.2) is 0 Å². The first kappa shape index (κ1) is 17.9. The molecule has 0 N–H and O–H groups in total. The molecule has 0 spiro atoms. The molecule has 1 aromatic rings. The Morgan fingerprint density at radius 1 is 1.12 bits per heavy atom. The van der Waals surface area contributed by atoms with Crippen molar-refractivity contribution in [2.24, 2.45) is 0 Å². The molecule has 0 bridgehead atoms. The quantitative estimate of drug-likeness (QED) is 0.223. The van der Waals surface area contributed by atoms with Gasteiger partial charge in [0.1, 0.15) is 10.1 Å². The van der Waals surface area contributed by atoms with E-state index in [1.165, 1.54) is 0 Å². The molecule has 1 rings (SSSR count). The predicted octanol–water partition coefficient (Wildman–Crippen LogP) is -5.20. The van der Waals surface area contributed by atoms with Crippen LogP contribution in [0, 0.1) is 10.1 Å². The fourth-order valence-corrected chi connectivity index (χ4v) is 1.24. The molecule has 16 heavy (non-hydrogen) atoms. The molecule has 0 radical (unpaired) electrons. The van der Waals surface area contributed by atoms with Crippen molar-refractivity contribution in [2.75, 3.05) is 0 Å². The van der Waals surface area contributed by atoms with Crippen molar-refractivity contribution in [1.82, 2.24) is 0 Å². The number of nitro groups is 1. The van der Waals surface area contributed by atoms with E-state index < -0.39 is 20.0 Å². The van der Waals surface area contributed by atoms with E-state index in [-0.39, 0.29) is 43.4 Å². The van der Waals surface area contributed by atoms with Crippen LogP contribution in [0.2, 0.25) is 0 Å². The van der Waals surface area contributed by atoms with Crippen LogP contribution in [0.1, 0.15) is 0 Å². The Balaban J connectivity index is 0. The van der Waals surface area contributed by atoms with Gasteiger partial charge in [-0.1, -0.05) is 17.8 Å². The molecule has 10 heteroatoms. The maximum absolute atomic E-state index is 10.4. The van der Waals surface area contributed by atoms with Crippen molar-refractivity contribution in [3.63, 3.8) is 0 Å². The van der Waals surface area contributed by atoms with Gasteiger partial charge < -0.3 is 9.98 Å². The van der Waals surface area contributed by atoms with E-state index in [4.69, 9.17) is 0 Å². The number of rotatable bonds is 3. The molecule has 76 valence electrons. The molecule has 0 saturated carbocycles. The van der Waals surface area contributed by atoms with Gasteiger partial charge in [0.25, 0.3) is 0 Å². The molecule has 0 saturated heterocycles. The third kappa shape index (κ3) is 5.57. The van der Waals surface area contributed by atoms with Crippen molar-refractivity contribution in [1.29, 1.82) is 0 Å². The van der Waals surface area contributed by atoms with Crippen LogP contribution >= 0.6 is 0 Å². The molecule has 1 aromatic carbocycles. The van der Waals surface area contributed by atoms with E-state index >= 15 is 0 Å². The maximum atomic E-state index is 10.4. The molecule has 0 amide bonds. The van der Waals surface area contributed by atoms with Gasteiger partial charge in [-0.05, 0) is 17.2 Å². The van der Waals surface area contributed by atoms with Crippen molar-refractivity contribution in [3.8, 4) is 0 Å². The maximum Gasteiger partial charge on any atom is 1.00 e. The van der Waals surface area contributed by atoms with Crippen LogP contribution in [-0.4, -0.2) is 18.0 Å². The van der Waals surface area contributed by atoms with Crippen LogP contribution < -0.4 is 37.7 Å². The van der Waals surface area contributed by atoms with E-state index in [0.717, 1.165) is 24.3 Å². The van der Waals surface area contributed by atoms with E-state index in [9.17, 15) is 23.1 Å². The van der Waals surface area contributed by atoms with E-state index in [2.05, 4.69) is 5.43 Å². The number of benzene rings is 1. The summed E-state index contributed by atoms with van der Waals surface area (Å²) in [6.07, 6.45) is 0. The second-order valence-electron chi connectivity index (χ2n) is 2.29. The second kappa shape index (κ2) is 6.97. The van der Waals surface area contributed by atoms with Gasteiger partial charge in [0.2, 0.25) is 0 Å². The van der Waals surface area contributed by atoms with Gasteiger partial charge in [-0.15, -0.1) is 0 Å². The molecular formula is C6H4Li2N2O5S. The summed E-state index contributed by atoms with van der Waals surface area (Å²) >= 11 is 0. The molecule has 0 unspecified atom stereocenters. The summed E-state index contributed by atoms with van der Waals surface area (Å²) in [5.74, 6) is 0. The predicted molar refractivity (Wildman–Crippen MR) is 44.4 cm³/mol. The molecule has 0 fully saturated rings. The summed E-state index contributed by atoms with van der Waals surface area (Å²) in [4.78, 5) is 9.46. The number of hydrogen-bond acceptors (Lipinski definition) is 5. The zero-order chi connectivity index (χ0) is 10.8. The first-order valence-corrected chi connectivity index (χ1v) is 4.72.